The molecule has 1 aliphatic rings. The number of carbonyl (C=O) groups excluding carboxylic acids is 1. The van der Waals surface area contributed by atoms with E-state index in [1.807, 2.05) is 0 Å². The Hall–Kier alpha value is -0.970. The van der Waals surface area contributed by atoms with Crippen LogP contribution in [0.1, 0.15) is 64.7 Å². The van der Waals surface area contributed by atoms with Gasteiger partial charge < -0.3 is 4.74 Å². The summed E-state index contributed by atoms with van der Waals surface area (Å²) < 4.78 is 5.01. The molecule has 0 unspecified atom stereocenters. The first-order valence-electron chi connectivity index (χ1n) is 6.51. The molecule has 0 bridgehead atoms. The minimum Gasteiger partial charge on any atom is -0.449 e. The van der Waals surface area contributed by atoms with Crippen molar-refractivity contribution in [2.75, 3.05) is 0 Å². The van der Waals surface area contributed by atoms with Crippen molar-refractivity contribution in [2.45, 2.75) is 70.8 Å². The maximum absolute atomic E-state index is 10.8. The van der Waals surface area contributed by atoms with Gasteiger partial charge in [0.25, 0.3) is 0 Å². The van der Waals surface area contributed by atoms with Gasteiger partial charge in [-0.1, -0.05) is 50.9 Å². The van der Waals surface area contributed by atoms with Crippen LogP contribution in [0.5, 0.6) is 0 Å². The zero-order valence-electron chi connectivity index (χ0n) is 10.3. The van der Waals surface area contributed by atoms with Gasteiger partial charge in [0, 0.05) is 12.8 Å². The Kier molecular flexibility index (Phi) is 6.72. The first-order valence-corrected chi connectivity index (χ1v) is 6.51. The van der Waals surface area contributed by atoms with E-state index in [1.54, 1.807) is 0 Å². The van der Waals surface area contributed by atoms with Gasteiger partial charge >= 0.3 is 5.97 Å². The summed E-state index contributed by atoms with van der Waals surface area (Å²) in [6.45, 7) is 2.23. The number of ether oxygens (including phenoxy) is 1. The first kappa shape index (κ1) is 13.1. The molecule has 0 spiro atoms. The largest absolute Gasteiger partial charge is 0.449 e. The van der Waals surface area contributed by atoms with Crippen LogP contribution in [-0.2, 0) is 9.53 Å². The summed E-state index contributed by atoms with van der Waals surface area (Å²) in [6.07, 6.45) is 9.93. The normalized spacial score (nSPS) is 19.1. The number of rotatable bonds is 6. The molecule has 0 amide bonds. The van der Waals surface area contributed by atoms with Gasteiger partial charge in [0.1, 0.15) is 0 Å². The molecule has 0 radical (unpaired) electrons. The number of carbonyl (C=O) groups is 1. The fourth-order valence-electron chi connectivity index (χ4n) is 1.81. The molecule has 0 saturated carbocycles. The van der Waals surface area contributed by atoms with Crippen molar-refractivity contribution in [2.24, 2.45) is 0 Å². The molecule has 1 aliphatic heterocycles. The molecule has 90 valence electrons. The minimum atomic E-state index is -0.118. The fraction of sp³-hybridized carbons (Fsp3) is 0.786. The number of hydrogen-bond acceptors (Lipinski definition) is 2. The standard InChI is InChI=1S/C14H22O2/c1-2-3-4-5-6-7-8-9-10-13-11-12-14(15)16-13/h13H,2-8,11-12H2,1H3/t13-/m0/s1. The van der Waals surface area contributed by atoms with Crippen molar-refractivity contribution in [3.05, 3.63) is 0 Å². The lowest BCUT2D eigenvalue weighted by Crippen LogP contribution is -2.02. The average molecular weight is 222 g/mol. The third-order valence-electron chi connectivity index (χ3n) is 2.80. The number of unbranched alkanes of at least 4 members (excludes halogenated alkanes) is 6. The smallest absolute Gasteiger partial charge is 0.307 e. The summed E-state index contributed by atoms with van der Waals surface area (Å²) in [6, 6.07) is 0. The lowest BCUT2D eigenvalue weighted by atomic mass is 10.1. The lowest BCUT2D eigenvalue weighted by Gasteiger charge is -1.98. The second-order valence-electron chi connectivity index (χ2n) is 4.36. The number of esters is 1. The van der Waals surface area contributed by atoms with Crippen molar-refractivity contribution >= 4 is 5.97 Å². The van der Waals surface area contributed by atoms with Gasteiger partial charge in [-0.05, 0) is 6.42 Å². The van der Waals surface area contributed by atoms with E-state index in [1.165, 1.54) is 38.5 Å². The molecule has 1 atom stereocenters. The molecule has 1 fully saturated rings. The molecule has 2 heteroatoms. The third kappa shape index (κ3) is 5.80. The van der Waals surface area contributed by atoms with Crippen LogP contribution >= 0.6 is 0 Å². The second-order valence-corrected chi connectivity index (χ2v) is 4.36. The summed E-state index contributed by atoms with van der Waals surface area (Å²) in [5.74, 6) is 6.03. The van der Waals surface area contributed by atoms with Crippen LogP contribution in [-0.4, -0.2) is 12.1 Å². The highest BCUT2D eigenvalue weighted by atomic mass is 16.5. The minimum absolute atomic E-state index is 0.0983. The summed E-state index contributed by atoms with van der Waals surface area (Å²) in [5.41, 5.74) is 0. The Morgan fingerprint density at radius 3 is 2.69 bits per heavy atom. The lowest BCUT2D eigenvalue weighted by molar-refractivity contribution is -0.139. The van der Waals surface area contributed by atoms with Gasteiger partial charge in [0.2, 0.25) is 0 Å². The van der Waals surface area contributed by atoms with Gasteiger partial charge in [-0.2, -0.15) is 0 Å². The first-order chi connectivity index (χ1) is 7.83. The van der Waals surface area contributed by atoms with Crippen LogP contribution in [0.4, 0.5) is 0 Å². The highest BCUT2D eigenvalue weighted by molar-refractivity contribution is 5.72. The third-order valence-corrected chi connectivity index (χ3v) is 2.80. The van der Waals surface area contributed by atoms with E-state index >= 15 is 0 Å². The zero-order chi connectivity index (χ0) is 11.6. The van der Waals surface area contributed by atoms with E-state index in [9.17, 15) is 4.79 Å². The molecule has 1 saturated heterocycles. The van der Waals surface area contributed by atoms with Crippen LogP contribution in [0.3, 0.4) is 0 Å². The van der Waals surface area contributed by atoms with Crippen LogP contribution in [0.2, 0.25) is 0 Å². The topological polar surface area (TPSA) is 26.3 Å². The van der Waals surface area contributed by atoms with Crippen LogP contribution in [0.25, 0.3) is 0 Å². The summed E-state index contributed by atoms with van der Waals surface area (Å²) >= 11 is 0. The van der Waals surface area contributed by atoms with Crippen molar-refractivity contribution in [1.82, 2.24) is 0 Å². The second kappa shape index (κ2) is 8.21. The maximum Gasteiger partial charge on any atom is 0.307 e. The van der Waals surface area contributed by atoms with Crippen molar-refractivity contribution in [1.29, 1.82) is 0 Å². The Morgan fingerprint density at radius 2 is 2.00 bits per heavy atom. The fourth-order valence-corrected chi connectivity index (χ4v) is 1.81. The van der Waals surface area contributed by atoms with Crippen LogP contribution < -0.4 is 0 Å². The summed E-state index contributed by atoms with van der Waals surface area (Å²) in [4.78, 5) is 10.8. The highest BCUT2D eigenvalue weighted by Gasteiger charge is 2.20. The molecule has 0 N–H and O–H groups in total. The Morgan fingerprint density at radius 1 is 1.25 bits per heavy atom. The molecule has 1 heterocycles. The SMILES string of the molecule is CCCCCCCCC#C[C@H]1CCC(=O)O1. The van der Waals surface area contributed by atoms with Crippen LogP contribution in [0.15, 0.2) is 0 Å². The van der Waals surface area contributed by atoms with Gasteiger partial charge in [-0.25, -0.2) is 0 Å². The number of cyclic esters (lactones) is 1. The van der Waals surface area contributed by atoms with Crippen molar-refractivity contribution in [3.63, 3.8) is 0 Å². The molecule has 0 aromatic heterocycles. The molecule has 16 heavy (non-hydrogen) atoms. The molecule has 2 nitrogen and oxygen atoms in total. The van der Waals surface area contributed by atoms with Gasteiger partial charge in [0.15, 0.2) is 6.10 Å². The van der Waals surface area contributed by atoms with E-state index in [2.05, 4.69) is 18.8 Å². The van der Waals surface area contributed by atoms with Gasteiger partial charge in [-0.3, -0.25) is 4.79 Å². The molecular weight excluding hydrogens is 200 g/mol. The average Bonchev–Trinajstić information content (AvgIpc) is 2.68. The maximum atomic E-state index is 10.8. The van der Waals surface area contributed by atoms with Gasteiger partial charge in [-0.15, -0.1) is 0 Å². The van der Waals surface area contributed by atoms with Crippen molar-refractivity contribution in [3.8, 4) is 11.8 Å². The van der Waals surface area contributed by atoms with E-state index < -0.39 is 0 Å². The van der Waals surface area contributed by atoms with Gasteiger partial charge in [0.05, 0.1) is 6.42 Å². The number of hydrogen-bond donors (Lipinski definition) is 0. The monoisotopic (exact) mass is 222 g/mol. The predicted molar refractivity (Wildman–Crippen MR) is 64.9 cm³/mol. The molecule has 0 aromatic carbocycles. The Labute approximate surface area is 98.8 Å². The Balaban J connectivity index is 1.94. The predicted octanol–water partition coefficient (Wildman–Crippen LogP) is 3.45. The molecule has 1 rings (SSSR count). The van der Waals surface area contributed by atoms with E-state index in [0.29, 0.717) is 6.42 Å². The summed E-state index contributed by atoms with van der Waals surface area (Å²) in [7, 11) is 0. The molecule has 0 aliphatic carbocycles. The highest BCUT2D eigenvalue weighted by Crippen LogP contribution is 2.12. The van der Waals surface area contributed by atoms with E-state index in [4.69, 9.17) is 4.74 Å². The quantitative estimate of drug-likeness (QED) is 0.391. The Bertz CT molecular complexity index is 260. The van der Waals surface area contributed by atoms with Crippen LogP contribution in [0, 0.1) is 11.8 Å². The molecular formula is C14H22O2. The summed E-state index contributed by atoms with van der Waals surface area (Å²) in [5, 5.41) is 0. The zero-order valence-corrected chi connectivity index (χ0v) is 10.3. The van der Waals surface area contributed by atoms with Crippen molar-refractivity contribution < 1.29 is 9.53 Å². The van der Waals surface area contributed by atoms with E-state index in [-0.39, 0.29) is 12.1 Å². The van der Waals surface area contributed by atoms with E-state index in [0.717, 1.165) is 12.8 Å². The molecule has 0 aromatic rings.